The first-order chi connectivity index (χ1) is 13.9. The van der Waals surface area contributed by atoms with Crippen molar-refractivity contribution in [3.05, 3.63) is 58.2 Å². The van der Waals surface area contributed by atoms with Crippen molar-refractivity contribution in [2.75, 3.05) is 27.4 Å². The number of carbonyl (C=O) groups is 2. The molecule has 1 fully saturated rings. The standard InChI is InChI=1S/C21H20FNO5S/c1-13-17(26-2)9-4-14(19(13)27-3)12-18-20(24)23(21(25)29-18)10-11-28-16-7-5-15(22)6-8-16/h4-9,12H,10-11H2,1-3H3/b18-12-. The van der Waals surface area contributed by atoms with E-state index in [9.17, 15) is 14.0 Å². The number of imide groups is 1. The Morgan fingerprint density at radius 3 is 2.45 bits per heavy atom. The number of methoxy groups -OCH3 is 2. The van der Waals surface area contributed by atoms with E-state index in [2.05, 4.69) is 0 Å². The van der Waals surface area contributed by atoms with Gasteiger partial charge in [0.05, 0.1) is 25.7 Å². The Bertz CT molecular complexity index is 958. The van der Waals surface area contributed by atoms with Gasteiger partial charge in [0.15, 0.2) is 0 Å². The molecule has 1 saturated heterocycles. The van der Waals surface area contributed by atoms with Crippen molar-refractivity contribution >= 4 is 29.0 Å². The maximum absolute atomic E-state index is 12.9. The third kappa shape index (κ3) is 4.54. The topological polar surface area (TPSA) is 65.1 Å². The smallest absolute Gasteiger partial charge is 0.293 e. The van der Waals surface area contributed by atoms with Crippen LogP contribution in [0.4, 0.5) is 9.18 Å². The van der Waals surface area contributed by atoms with Crippen molar-refractivity contribution in [2.24, 2.45) is 0 Å². The lowest BCUT2D eigenvalue weighted by Gasteiger charge is -2.14. The predicted octanol–water partition coefficient (Wildman–Crippen LogP) is 4.27. The fourth-order valence-corrected chi connectivity index (χ4v) is 3.78. The Hall–Kier alpha value is -3.00. The Morgan fingerprint density at radius 1 is 1.07 bits per heavy atom. The van der Waals surface area contributed by atoms with Crippen molar-refractivity contribution in [3.63, 3.8) is 0 Å². The van der Waals surface area contributed by atoms with Crippen LogP contribution < -0.4 is 14.2 Å². The van der Waals surface area contributed by atoms with Gasteiger partial charge < -0.3 is 14.2 Å². The van der Waals surface area contributed by atoms with Crippen LogP contribution in [0.1, 0.15) is 11.1 Å². The molecule has 152 valence electrons. The molecule has 0 radical (unpaired) electrons. The van der Waals surface area contributed by atoms with Crippen LogP contribution in [0.3, 0.4) is 0 Å². The molecular formula is C21H20FNO5S. The zero-order valence-electron chi connectivity index (χ0n) is 16.2. The highest BCUT2D eigenvalue weighted by atomic mass is 32.2. The molecular weight excluding hydrogens is 397 g/mol. The summed E-state index contributed by atoms with van der Waals surface area (Å²) in [7, 11) is 3.11. The maximum atomic E-state index is 12.9. The van der Waals surface area contributed by atoms with E-state index >= 15 is 0 Å². The van der Waals surface area contributed by atoms with Gasteiger partial charge in [-0.25, -0.2) is 4.39 Å². The molecule has 1 aliphatic rings. The Morgan fingerprint density at radius 2 is 1.79 bits per heavy atom. The number of nitrogens with zero attached hydrogens (tertiary/aromatic N) is 1. The molecule has 0 atom stereocenters. The van der Waals surface area contributed by atoms with Gasteiger partial charge in [0.2, 0.25) is 0 Å². The van der Waals surface area contributed by atoms with E-state index in [1.165, 1.54) is 31.4 Å². The second kappa shape index (κ2) is 9.00. The lowest BCUT2D eigenvalue weighted by atomic mass is 10.1. The number of rotatable bonds is 7. The summed E-state index contributed by atoms with van der Waals surface area (Å²) >= 11 is 0.866. The van der Waals surface area contributed by atoms with Crippen LogP contribution in [0.2, 0.25) is 0 Å². The second-order valence-electron chi connectivity index (χ2n) is 6.15. The number of hydrogen-bond donors (Lipinski definition) is 0. The van der Waals surface area contributed by atoms with E-state index in [4.69, 9.17) is 14.2 Å². The average Bonchev–Trinajstić information content (AvgIpc) is 2.97. The third-order valence-electron chi connectivity index (χ3n) is 4.37. The molecule has 0 spiro atoms. The number of hydrogen-bond acceptors (Lipinski definition) is 6. The van der Waals surface area contributed by atoms with Gasteiger partial charge in [-0.3, -0.25) is 14.5 Å². The van der Waals surface area contributed by atoms with Crippen molar-refractivity contribution in [1.82, 2.24) is 4.90 Å². The van der Waals surface area contributed by atoms with Crippen LogP contribution >= 0.6 is 11.8 Å². The predicted molar refractivity (Wildman–Crippen MR) is 109 cm³/mol. The van der Waals surface area contributed by atoms with Gasteiger partial charge >= 0.3 is 0 Å². The Balaban J connectivity index is 1.71. The summed E-state index contributed by atoms with van der Waals surface area (Å²) in [4.78, 5) is 26.4. The number of benzene rings is 2. The summed E-state index contributed by atoms with van der Waals surface area (Å²) in [5, 5.41) is -0.367. The molecule has 1 aliphatic heterocycles. The molecule has 0 aromatic heterocycles. The minimum atomic E-state index is -0.391. The summed E-state index contributed by atoms with van der Waals surface area (Å²) in [5.74, 6) is 0.962. The van der Waals surface area contributed by atoms with Crippen LogP contribution in [0, 0.1) is 12.7 Å². The summed E-state index contributed by atoms with van der Waals surface area (Å²) < 4.78 is 29.1. The zero-order chi connectivity index (χ0) is 21.0. The fourth-order valence-electron chi connectivity index (χ4n) is 2.92. The van der Waals surface area contributed by atoms with Gasteiger partial charge in [0, 0.05) is 11.1 Å². The number of carbonyl (C=O) groups excluding carboxylic acids is 2. The first-order valence-corrected chi connectivity index (χ1v) is 9.61. The molecule has 3 rings (SSSR count). The summed E-state index contributed by atoms with van der Waals surface area (Å²) in [6, 6.07) is 9.09. The summed E-state index contributed by atoms with van der Waals surface area (Å²) in [6.07, 6.45) is 1.64. The van der Waals surface area contributed by atoms with Gasteiger partial charge in [-0.15, -0.1) is 0 Å². The molecule has 0 N–H and O–H groups in total. The maximum Gasteiger partial charge on any atom is 0.293 e. The molecule has 29 heavy (non-hydrogen) atoms. The quantitative estimate of drug-likeness (QED) is 0.627. The van der Waals surface area contributed by atoms with Crippen LogP contribution in [0.5, 0.6) is 17.2 Å². The lowest BCUT2D eigenvalue weighted by molar-refractivity contribution is -0.123. The Kier molecular flexibility index (Phi) is 6.43. The van der Waals surface area contributed by atoms with E-state index < -0.39 is 5.91 Å². The molecule has 0 bridgehead atoms. The lowest BCUT2D eigenvalue weighted by Crippen LogP contribution is -2.32. The Labute approximate surface area is 172 Å². The van der Waals surface area contributed by atoms with Gasteiger partial charge in [-0.1, -0.05) is 0 Å². The van der Waals surface area contributed by atoms with Gasteiger partial charge in [0.25, 0.3) is 11.1 Å². The minimum absolute atomic E-state index is 0.0954. The minimum Gasteiger partial charge on any atom is -0.496 e. The molecule has 0 aliphatic carbocycles. The molecule has 0 saturated carbocycles. The van der Waals surface area contributed by atoms with Crippen molar-refractivity contribution in [1.29, 1.82) is 0 Å². The largest absolute Gasteiger partial charge is 0.496 e. The molecule has 2 amide bonds. The van der Waals surface area contributed by atoms with Gasteiger partial charge in [0.1, 0.15) is 29.7 Å². The number of ether oxygens (including phenoxy) is 3. The normalized spacial score (nSPS) is 15.2. The molecule has 1 heterocycles. The van der Waals surface area contributed by atoms with Crippen molar-refractivity contribution < 1.29 is 28.2 Å². The van der Waals surface area contributed by atoms with Crippen LogP contribution in [0.25, 0.3) is 6.08 Å². The second-order valence-corrected chi connectivity index (χ2v) is 7.14. The van der Waals surface area contributed by atoms with Crippen molar-refractivity contribution in [2.45, 2.75) is 6.92 Å². The SMILES string of the molecule is COc1ccc(/C=C2\SC(=O)N(CCOc3ccc(F)cc3)C2=O)c(OC)c1C. The molecule has 2 aromatic rings. The zero-order valence-corrected chi connectivity index (χ0v) is 17.0. The number of halogens is 1. The summed E-state index contributed by atoms with van der Waals surface area (Å²) in [6.45, 7) is 2.06. The van der Waals surface area contributed by atoms with Crippen molar-refractivity contribution in [3.8, 4) is 17.2 Å². The van der Waals surface area contributed by atoms with E-state index in [1.807, 2.05) is 6.92 Å². The molecule has 6 nitrogen and oxygen atoms in total. The van der Waals surface area contributed by atoms with E-state index in [0.29, 0.717) is 27.7 Å². The van der Waals surface area contributed by atoms with Crippen LogP contribution in [-0.2, 0) is 4.79 Å². The summed E-state index contributed by atoms with van der Waals surface area (Å²) in [5.41, 5.74) is 1.48. The highest BCUT2D eigenvalue weighted by molar-refractivity contribution is 8.18. The fraction of sp³-hybridized carbons (Fsp3) is 0.238. The van der Waals surface area contributed by atoms with E-state index in [-0.39, 0.29) is 24.2 Å². The third-order valence-corrected chi connectivity index (χ3v) is 5.28. The van der Waals surface area contributed by atoms with Crippen LogP contribution in [-0.4, -0.2) is 43.4 Å². The molecule has 8 heteroatoms. The van der Waals surface area contributed by atoms with E-state index in [0.717, 1.165) is 22.2 Å². The van der Waals surface area contributed by atoms with Crippen LogP contribution in [0.15, 0.2) is 41.3 Å². The highest BCUT2D eigenvalue weighted by Crippen LogP contribution is 2.37. The van der Waals surface area contributed by atoms with Gasteiger partial charge in [-0.05, 0) is 61.2 Å². The van der Waals surface area contributed by atoms with Gasteiger partial charge in [-0.2, -0.15) is 0 Å². The first kappa shape index (κ1) is 20.7. The monoisotopic (exact) mass is 417 g/mol. The average molecular weight is 417 g/mol. The number of thioether (sulfide) groups is 1. The first-order valence-electron chi connectivity index (χ1n) is 8.80. The molecule has 0 unspecified atom stereocenters. The van der Waals surface area contributed by atoms with E-state index in [1.54, 1.807) is 25.3 Å². The number of amides is 2. The highest BCUT2D eigenvalue weighted by Gasteiger charge is 2.35. The molecule has 2 aromatic carbocycles.